The summed E-state index contributed by atoms with van der Waals surface area (Å²) < 4.78 is 5.76. The molecule has 7 heteroatoms. The molecule has 1 aliphatic carbocycles. The summed E-state index contributed by atoms with van der Waals surface area (Å²) in [5.41, 5.74) is 8.50. The Morgan fingerprint density at radius 2 is 1.86 bits per heavy atom. The molecule has 2 aromatic carbocycles. The molecular weight excluding hydrogens is 464 g/mol. The number of carbonyl (C=O) groups is 2. The van der Waals surface area contributed by atoms with Gasteiger partial charge < -0.3 is 14.6 Å². The molecule has 0 spiro atoms. The van der Waals surface area contributed by atoms with Crippen molar-refractivity contribution in [3.8, 4) is 0 Å². The maximum atomic E-state index is 14.0. The first-order valence-electron chi connectivity index (χ1n) is 12.7. The Morgan fingerprint density at radius 3 is 2.70 bits per heavy atom. The number of nitrogens with one attached hydrogen (secondary N) is 1. The first-order valence-corrected chi connectivity index (χ1v) is 12.7. The molecule has 186 valence electrons. The zero-order chi connectivity index (χ0) is 25.5. The van der Waals surface area contributed by atoms with E-state index in [2.05, 4.69) is 27.4 Å². The Balaban J connectivity index is 1.28. The van der Waals surface area contributed by atoms with E-state index >= 15 is 0 Å². The summed E-state index contributed by atoms with van der Waals surface area (Å²) >= 11 is 0. The molecule has 2 amide bonds. The van der Waals surface area contributed by atoms with Crippen LogP contribution in [0.2, 0.25) is 0 Å². The van der Waals surface area contributed by atoms with Crippen LogP contribution in [0.15, 0.2) is 77.2 Å². The molecule has 0 radical (unpaired) electrons. The van der Waals surface area contributed by atoms with Crippen molar-refractivity contribution in [1.82, 2.24) is 20.2 Å². The van der Waals surface area contributed by atoms with E-state index in [9.17, 15) is 9.59 Å². The highest BCUT2D eigenvalue weighted by Gasteiger charge is 2.43. The number of likely N-dealkylation sites (N-methyl/N-ethyl adjacent to an activating group) is 1. The van der Waals surface area contributed by atoms with Crippen molar-refractivity contribution >= 4 is 28.4 Å². The fourth-order valence-corrected chi connectivity index (χ4v) is 5.81. The van der Waals surface area contributed by atoms with Crippen molar-refractivity contribution in [2.45, 2.75) is 44.7 Å². The maximum absolute atomic E-state index is 14.0. The standard InChI is InChI=1S/C30H28N4O3/c1-18-23-16-21-5-3-4-6-22(21)24(23)17-27(29(35)31-2)34(18)30(36)28-20(11-14-37-28)9-7-19-8-10-25-26(15-19)33-13-12-32-25/h3-6,8,10-15,18,27H,7,9,16-17H2,1-2H3,(H,31,35)/t18?,27-/m1/s1. The van der Waals surface area contributed by atoms with Crippen LogP contribution in [-0.2, 0) is 24.1 Å². The van der Waals surface area contributed by atoms with Crippen LogP contribution in [0.1, 0.15) is 46.2 Å². The summed E-state index contributed by atoms with van der Waals surface area (Å²) in [4.78, 5) is 37.5. The quantitative estimate of drug-likeness (QED) is 0.447. The van der Waals surface area contributed by atoms with Gasteiger partial charge in [-0.3, -0.25) is 19.6 Å². The first kappa shape index (κ1) is 23.2. The van der Waals surface area contributed by atoms with Crippen LogP contribution < -0.4 is 5.32 Å². The van der Waals surface area contributed by atoms with Crippen LogP contribution in [-0.4, -0.2) is 45.8 Å². The van der Waals surface area contributed by atoms with Gasteiger partial charge in [-0.2, -0.15) is 0 Å². The maximum Gasteiger partial charge on any atom is 0.291 e. The normalized spacial score (nSPS) is 18.6. The molecule has 0 saturated heterocycles. The summed E-state index contributed by atoms with van der Waals surface area (Å²) in [7, 11) is 1.62. The molecule has 1 unspecified atom stereocenters. The third-order valence-corrected chi connectivity index (χ3v) is 7.71. The van der Waals surface area contributed by atoms with Gasteiger partial charge in [0.15, 0.2) is 5.76 Å². The van der Waals surface area contributed by atoms with Crippen LogP contribution in [0.4, 0.5) is 0 Å². The van der Waals surface area contributed by atoms with Crippen molar-refractivity contribution in [3.63, 3.8) is 0 Å². The number of nitrogens with zero attached hydrogens (tertiary/aromatic N) is 3. The highest BCUT2D eigenvalue weighted by atomic mass is 16.3. The van der Waals surface area contributed by atoms with E-state index in [1.807, 2.05) is 43.3 Å². The second-order valence-electron chi connectivity index (χ2n) is 9.71. The zero-order valence-electron chi connectivity index (χ0n) is 20.9. The lowest BCUT2D eigenvalue weighted by Crippen LogP contribution is -2.55. The second-order valence-corrected chi connectivity index (χ2v) is 9.71. The van der Waals surface area contributed by atoms with Gasteiger partial charge in [0.05, 0.1) is 23.3 Å². The molecule has 2 aliphatic rings. The summed E-state index contributed by atoms with van der Waals surface area (Å²) in [5.74, 6) is -0.101. The SMILES string of the molecule is CNC(=O)[C@H]1CC2=C(Cc3ccccc32)C(C)N1C(=O)c1occc1CCc1ccc2nccnc2c1. The summed E-state index contributed by atoms with van der Waals surface area (Å²) in [6.07, 6.45) is 7.59. The van der Waals surface area contributed by atoms with Crippen molar-refractivity contribution in [1.29, 1.82) is 0 Å². The highest BCUT2D eigenvalue weighted by molar-refractivity contribution is 5.99. The number of carbonyl (C=O) groups excluding carboxylic acids is 2. The molecule has 0 saturated carbocycles. The van der Waals surface area contributed by atoms with E-state index in [1.54, 1.807) is 30.6 Å². The Labute approximate surface area is 215 Å². The molecule has 6 rings (SSSR count). The predicted molar refractivity (Wildman–Crippen MR) is 141 cm³/mol. The largest absolute Gasteiger partial charge is 0.459 e. The fraction of sp³-hybridized carbons (Fsp3) is 0.267. The van der Waals surface area contributed by atoms with Gasteiger partial charge in [0.2, 0.25) is 5.91 Å². The minimum Gasteiger partial charge on any atom is -0.459 e. The van der Waals surface area contributed by atoms with Crippen molar-refractivity contribution in [2.75, 3.05) is 7.05 Å². The van der Waals surface area contributed by atoms with Gasteiger partial charge in [-0.15, -0.1) is 0 Å². The average Bonchev–Trinajstić information content (AvgIpc) is 3.56. The van der Waals surface area contributed by atoms with Crippen LogP contribution in [0.5, 0.6) is 0 Å². The Morgan fingerprint density at radius 1 is 1.05 bits per heavy atom. The number of hydrogen-bond donors (Lipinski definition) is 1. The summed E-state index contributed by atoms with van der Waals surface area (Å²) in [6, 6.07) is 15.4. The molecule has 2 aromatic heterocycles. The average molecular weight is 493 g/mol. The van der Waals surface area contributed by atoms with Gasteiger partial charge in [-0.1, -0.05) is 30.3 Å². The smallest absolute Gasteiger partial charge is 0.291 e. The van der Waals surface area contributed by atoms with Crippen molar-refractivity contribution < 1.29 is 14.0 Å². The van der Waals surface area contributed by atoms with E-state index in [-0.39, 0.29) is 17.9 Å². The summed E-state index contributed by atoms with van der Waals surface area (Å²) in [6.45, 7) is 2.02. The molecule has 0 bridgehead atoms. The lowest BCUT2D eigenvalue weighted by Gasteiger charge is -2.40. The minimum atomic E-state index is -0.602. The second kappa shape index (κ2) is 9.32. The molecule has 0 fully saturated rings. The van der Waals surface area contributed by atoms with Crippen molar-refractivity contribution in [3.05, 3.63) is 101 Å². The topological polar surface area (TPSA) is 88.3 Å². The number of amides is 2. The fourth-order valence-electron chi connectivity index (χ4n) is 5.81. The number of fused-ring (bicyclic) bond motifs is 3. The number of hydrogen-bond acceptors (Lipinski definition) is 5. The molecule has 1 aliphatic heterocycles. The molecule has 7 nitrogen and oxygen atoms in total. The van der Waals surface area contributed by atoms with E-state index in [4.69, 9.17) is 4.42 Å². The number of aryl methyl sites for hydroxylation is 2. The lowest BCUT2D eigenvalue weighted by atomic mass is 9.88. The lowest BCUT2D eigenvalue weighted by molar-refractivity contribution is -0.125. The van der Waals surface area contributed by atoms with E-state index < -0.39 is 6.04 Å². The van der Waals surface area contributed by atoms with E-state index in [0.29, 0.717) is 18.6 Å². The molecule has 2 atom stereocenters. The number of benzene rings is 2. The van der Waals surface area contributed by atoms with Crippen LogP contribution >= 0.6 is 0 Å². The van der Waals surface area contributed by atoms with Crippen LogP contribution in [0.3, 0.4) is 0 Å². The number of aromatic nitrogens is 2. The van der Waals surface area contributed by atoms with Crippen LogP contribution in [0.25, 0.3) is 16.6 Å². The number of rotatable bonds is 5. The third-order valence-electron chi connectivity index (χ3n) is 7.71. The predicted octanol–water partition coefficient (Wildman–Crippen LogP) is 4.37. The summed E-state index contributed by atoms with van der Waals surface area (Å²) in [5, 5.41) is 2.77. The van der Waals surface area contributed by atoms with E-state index in [1.165, 1.54) is 22.3 Å². The molecule has 3 heterocycles. The third kappa shape index (κ3) is 4.00. The van der Waals surface area contributed by atoms with Gasteiger partial charge in [0.1, 0.15) is 6.04 Å². The van der Waals surface area contributed by atoms with Gasteiger partial charge in [-0.05, 0) is 72.2 Å². The Kier molecular flexibility index (Phi) is 5.83. The van der Waals surface area contributed by atoms with Gasteiger partial charge in [0, 0.05) is 31.4 Å². The number of furan rings is 1. The van der Waals surface area contributed by atoms with Gasteiger partial charge in [-0.25, -0.2) is 0 Å². The van der Waals surface area contributed by atoms with Gasteiger partial charge >= 0.3 is 0 Å². The first-order chi connectivity index (χ1) is 18.0. The minimum absolute atomic E-state index is 0.165. The molecule has 1 N–H and O–H groups in total. The van der Waals surface area contributed by atoms with Crippen molar-refractivity contribution in [2.24, 2.45) is 0 Å². The molecule has 37 heavy (non-hydrogen) atoms. The highest BCUT2D eigenvalue weighted by Crippen LogP contribution is 2.43. The Hall–Kier alpha value is -4.26. The molecule has 4 aromatic rings. The zero-order valence-corrected chi connectivity index (χ0v) is 20.9. The van der Waals surface area contributed by atoms with Crippen LogP contribution in [0, 0.1) is 0 Å². The Bertz CT molecular complexity index is 1550. The van der Waals surface area contributed by atoms with Gasteiger partial charge in [0.25, 0.3) is 5.91 Å². The molecular formula is C30H28N4O3. The monoisotopic (exact) mass is 492 g/mol. The van der Waals surface area contributed by atoms with E-state index in [0.717, 1.165) is 35.0 Å².